The summed E-state index contributed by atoms with van der Waals surface area (Å²) in [6.45, 7) is 8.86. The zero-order valence-corrected chi connectivity index (χ0v) is 24.0. The van der Waals surface area contributed by atoms with Crippen LogP contribution in [0.5, 0.6) is 0 Å². The Bertz CT molecular complexity index is 931. The van der Waals surface area contributed by atoms with E-state index in [1.807, 2.05) is 36.4 Å². The number of hydrogen-bond donors (Lipinski definition) is 0. The Balaban J connectivity index is 0.000000461. The molecule has 0 saturated heterocycles. The molecular formula is C30H33Cl2Zr-3. The number of fused-ring (bicyclic) bond motifs is 3. The maximum atomic E-state index is 3.34. The molecule has 0 N–H and O–H groups in total. The van der Waals surface area contributed by atoms with E-state index in [-0.39, 0.29) is 24.8 Å². The summed E-state index contributed by atoms with van der Waals surface area (Å²) in [5.41, 5.74) is 7.23. The number of hydrogen-bond acceptors (Lipinski definition) is 0. The van der Waals surface area contributed by atoms with Crippen molar-refractivity contribution in [2.24, 2.45) is 11.3 Å². The molecule has 2 aliphatic carbocycles. The Kier molecular flexibility index (Phi) is 15.4. The quantitative estimate of drug-likeness (QED) is 0.191. The summed E-state index contributed by atoms with van der Waals surface area (Å²) in [5.74, 6) is 0.522. The summed E-state index contributed by atoms with van der Waals surface area (Å²) in [5, 5.41) is 0. The van der Waals surface area contributed by atoms with E-state index in [0.717, 1.165) is 6.42 Å². The third kappa shape index (κ3) is 10.1. The molecule has 3 aromatic rings. The van der Waals surface area contributed by atoms with E-state index in [9.17, 15) is 0 Å². The fourth-order valence-corrected chi connectivity index (χ4v) is 3.39. The van der Waals surface area contributed by atoms with Crippen molar-refractivity contribution >= 4 is 29.0 Å². The van der Waals surface area contributed by atoms with Gasteiger partial charge in [-0.3, -0.25) is 6.08 Å². The van der Waals surface area contributed by atoms with Crippen LogP contribution in [0.1, 0.15) is 38.8 Å². The van der Waals surface area contributed by atoms with E-state index in [1.165, 1.54) is 52.1 Å². The predicted octanol–water partition coefficient (Wildman–Crippen LogP) is 8.32. The first kappa shape index (κ1) is 31.5. The first-order valence-corrected chi connectivity index (χ1v) is 12.3. The molecule has 33 heavy (non-hydrogen) atoms. The van der Waals surface area contributed by atoms with Crippen molar-refractivity contribution in [3.8, 4) is 11.1 Å². The van der Waals surface area contributed by atoms with E-state index in [1.54, 1.807) is 0 Å². The van der Waals surface area contributed by atoms with E-state index >= 15 is 0 Å². The Morgan fingerprint density at radius 1 is 0.848 bits per heavy atom. The summed E-state index contributed by atoms with van der Waals surface area (Å²) in [6, 6.07) is 30.6. The second-order valence-electron chi connectivity index (χ2n) is 8.45. The monoisotopic (exact) mass is 553 g/mol. The average molecular weight is 556 g/mol. The van der Waals surface area contributed by atoms with Crippen LogP contribution in [0.25, 0.3) is 11.1 Å². The SMILES string of the molecule is CC1[C-]=CC(C(C)(C)C)=C1.Cl.Cl.[CH2]=[Zr].[c-]1cccc2c1Cc1ccccc1-2.[c-]1ccccc1. The Labute approximate surface area is 228 Å². The first-order chi connectivity index (χ1) is 14.9. The van der Waals surface area contributed by atoms with Crippen molar-refractivity contribution in [1.82, 2.24) is 0 Å². The summed E-state index contributed by atoms with van der Waals surface area (Å²) in [7, 11) is 0. The van der Waals surface area contributed by atoms with Crippen LogP contribution in [0.3, 0.4) is 0 Å². The molecule has 1 unspecified atom stereocenters. The van der Waals surface area contributed by atoms with Crippen LogP contribution >= 0.6 is 24.8 Å². The zero-order valence-electron chi connectivity index (χ0n) is 19.9. The van der Waals surface area contributed by atoms with Crippen molar-refractivity contribution in [3.05, 3.63) is 120 Å². The maximum Gasteiger partial charge on any atom is -0.0253 e. The van der Waals surface area contributed by atoms with Gasteiger partial charge in [0.25, 0.3) is 0 Å². The van der Waals surface area contributed by atoms with Gasteiger partial charge in [-0.25, -0.2) is 6.08 Å². The molecular weight excluding hydrogens is 522 g/mol. The Morgan fingerprint density at radius 2 is 1.48 bits per heavy atom. The summed E-state index contributed by atoms with van der Waals surface area (Å²) >= 11 is 1.30. The van der Waals surface area contributed by atoms with Crippen LogP contribution < -0.4 is 0 Å². The van der Waals surface area contributed by atoms with E-state index < -0.39 is 0 Å². The smallest absolute Gasteiger partial charge is 0.0253 e. The number of allylic oxidation sites excluding steroid dienone is 4. The third-order valence-corrected chi connectivity index (χ3v) is 5.02. The largest absolute Gasteiger partial charge is 0.184 e. The van der Waals surface area contributed by atoms with Gasteiger partial charge in [-0.1, -0.05) is 74.4 Å². The van der Waals surface area contributed by atoms with Crippen LogP contribution in [0.15, 0.2) is 90.5 Å². The average Bonchev–Trinajstić information content (AvgIpc) is 3.41. The summed E-state index contributed by atoms with van der Waals surface area (Å²) < 4.78 is 3.34. The zero-order chi connectivity index (χ0) is 22.7. The maximum absolute atomic E-state index is 3.34. The van der Waals surface area contributed by atoms with Gasteiger partial charge in [0.2, 0.25) is 0 Å². The molecule has 3 heteroatoms. The van der Waals surface area contributed by atoms with E-state index in [2.05, 4.69) is 98.7 Å². The van der Waals surface area contributed by atoms with E-state index in [0.29, 0.717) is 11.3 Å². The van der Waals surface area contributed by atoms with Crippen molar-refractivity contribution in [2.75, 3.05) is 0 Å². The molecule has 0 saturated carbocycles. The molecule has 5 rings (SSSR count). The van der Waals surface area contributed by atoms with Gasteiger partial charge in [-0.15, -0.1) is 30.4 Å². The van der Waals surface area contributed by atoms with Gasteiger partial charge in [0, 0.05) is 0 Å². The molecule has 1 atom stereocenters. The standard InChI is InChI=1S/C13H9.C10H15.C6H5.CH2.2ClH.Zr/c1-3-7-12-10(5-1)9-11-6-2-4-8-13(11)12;1-8-5-6-9(7-8)10(2,3)4;1-2-4-6-5-3-1;;;;/h1-5,7-8H,9H2;6-8H,1-4H3;1-5H;1H2;2*1H;/q3*-1;;;;. The molecule has 0 radical (unpaired) electrons. The van der Waals surface area contributed by atoms with Crippen LogP contribution in [-0.2, 0) is 30.7 Å². The minimum atomic E-state index is 0. The number of halogens is 2. The van der Waals surface area contributed by atoms with Gasteiger partial charge in [0.05, 0.1) is 0 Å². The second kappa shape index (κ2) is 16.2. The van der Waals surface area contributed by atoms with Crippen LogP contribution in [0, 0.1) is 29.5 Å². The van der Waals surface area contributed by atoms with Gasteiger partial charge in [0.15, 0.2) is 0 Å². The molecule has 0 heterocycles. The molecule has 174 valence electrons. The molecule has 2 aliphatic rings. The van der Waals surface area contributed by atoms with Gasteiger partial charge in [-0.05, 0) is 6.42 Å². The van der Waals surface area contributed by atoms with Gasteiger partial charge < -0.3 is 0 Å². The molecule has 0 amide bonds. The second-order valence-corrected chi connectivity index (χ2v) is 8.45. The Morgan fingerprint density at radius 3 is 1.97 bits per heavy atom. The fraction of sp³-hybridized carbons (Fsp3) is 0.233. The van der Waals surface area contributed by atoms with Crippen LogP contribution in [0.4, 0.5) is 0 Å². The molecule has 0 aliphatic heterocycles. The molecule has 0 fully saturated rings. The third-order valence-electron chi connectivity index (χ3n) is 5.02. The van der Waals surface area contributed by atoms with Crippen molar-refractivity contribution in [2.45, 2.75) is 34.1 Å². The predicted molar refractivity (Wildman–Crippen MR) is 145 cm³/mol. The normalized spacial score (nSPS) is 14.0. The summed E-state index contributed by atoms with van der Waals surface area (Å²) in [6.07, 6.45) is 8.70. The fourth-order valence-electron chi connectivity index (χ4n) is 3.39. The van der Waals surface area contributed by atoms with Crippen molar-refractivity contribution in [1.29, 1.82) is 0 Å². The van der Waals surface area contributed by atoms with Crippen LogP contribution in [-0.4, -0.2) is 4.21 Å². The first-order valence-electron chi connectivity index (χ1n) is 10.6. The molecule has 0 bridgehead atoms. The molecule has 0 spiro atoms. The topological polar surface area (TPSA) is 0 Å². The van der Waals surface area contributed by atoms with Gasteiger partial charge in [-0.2, -0.15) is 77.9 Å². The number of benzene rings is 3. The van der Waals surface area contributed by atoms with Gasteiger partial charge in [0.1, 0.15) is 0 Å². The molecule has 3 aromatic carbocycles. The summed E-state index contributed by atoms with van der Waals surface area (Å²) in [4.78, 5) is 0. The van der Waals surface area contributed by atoms with E-state index in [4.69, 9.17) is 0 Å². The number of rotatable bonds is 0. The Hall–Kier alpha value is -1.53. The minimum absolute atomic E-state index is 0. The molecule has 0 aromatic heterocycles. The minimum Gasteiger partial charge on any atom is -0.184 e. The van der Waals surface area contributed by atoms with Crippen LogP contribution in [0.2, 0.25) is 0 Å². The van der Waals surface area contributed by atoms with Crippen molar-refractivity contribution in [3.63, 3.8) is 0 Å². The van der Waals surface area contributed by atoms with Gasteiger partial charge >= 0.3 is 28.4 Å². The molecule has 0 nitrogen and oxygen atoms in total. The van der Waals surface area contributed by atoms with Crippen molar-refractivity contribution < 1.29 is 24.2 Å².